The van der Waals surface area contributed by atoms with E-state index in [1.54, 1.807) is 38.1 Å². The summed E-state index contributed by atoms with van der Waals surface area (Å²) in [7, 11) is 5.09. The van der Waals surface area contributed by atoms with Gasteiger partial charge in [0.25, 0.3) is 23.6 Å². The average molecular weight is 1200 g/mol. The van der Waals surface area contributed by atoms with E-state index in [-0.39, 0.29) is 49.9 Å². The van der Waals surface area contributed by atoms with Gasteiger partial charge in [-0.3, -0.25) is 19.2 Å². The van der Waals surface area contributed by atoms with E-state index in [4.69, 9.17) is 46.7 Å². The first-order valence-corrected chi connectivity index (χ1v) is 28.4. The summed E-state index contributed by atoms with van der Waals surface area (Å²) in [5.41, 5.74) is -2.59. The van der Waals surface area contributed by atoms with Crippen LogP contribution in [-0.2, 0) is 79.6 Å². The van der Waals surface area contributed by atoms with Gasteiger partial charge in [-0.05, 0) is 126 Å². The van der Waals surface area contributed by atoms with Crippen LogP contribution in [0, 0.1) is 5.92 Å². The van der Waals surface area contributed by atoms with Crippen molar-refractivity contribution < 1.29 is 93.9 Å². The van der Waals surface area contributed by atoms with Crippen molar-refractivity contribution in [2.24, 2.45) is 5.92 Å². The van der Waals surface area contributed by atoms with E-state index in [1.807, 2.05) is 24.3 Å². The van der Waals surface area contributed by atoms with Gasteiger partial charge >= 0.3 is 23.9 Å². The Balaban J connectivity index is 0.00000370. The van der Waals surface area contributed by atoms with Gasteiger partial charge in [0.15, 0.2) is 24.4 Å². The first-order chi connectivity index (χ1) is 39.5. The number of nitrogens with zero attached hydrogens (tertiary/aromatic N) is 4. The predicted octanol–water partition coefficient (Wildman–Crippen LogP) is 8.44. The summed E-state index contributed by atoms with van der Waals surface area (Å²) in [4.78, 5) is 121. The second kappa shape index (κ2) is 31.2. The monoisotopic (exact) mass is 1200 g/mol. The number of hydrogen-bond donors (Lipinski definition) is 0. The Morgan fingerprint density at radius 2 is 0.857 bits per heavy atom. The number of rotatable bonds is 12. The van der Waals surface area contributed by atoms with Crippen LogP contribution in [-0.4, -0.2) is 181 Å². The summed E-state index contributed by atoms with van der Waals surface area (Å²) in [5, 5.41) is 0. The molecule has 6 rings (SSSR count). The number of carbonyl (C=O) groups is 8. The molecule has 4 fully saturated rings. The zero-order valence-electron chi connectivity index (χ0n) is 50.3. The molecule has 7 atom stereocenters. The minimum atomic E-state index is -2.10. The number of esters is 4. The van der Waals surface area contributed by atoms with Crippen LogP contribution in [0.3, 0.4) is 0 Å². The summed E-state index contributed by atoms with van der Waals surface area (Å²) in [6.45, 7) is 13.4. The quantitative estimate of drug-likeness (QED) is 0.111. The molecule has 3 saturated heterocycles. The van der Waals surface area contributed by atoms with Crippen LogP contribution >= 0.6 is 0 Å². The number of hydrogen-bond acceptors (Lipinski definition) is 14. The molecule has 4 amide bonds. The summed E-state index contributed by atoms with van der Waals surface area (Å²) >= 11 is 0. The summed E-state index contributed by atoms with van der Waals surface area (Å²) in [6.07, 6.45) is -4.74. The average Bonchev–Trinajstić information content (AvgIpc) is 1.86. The summed E-state index contributed by atoms with van der Waals surface area (Å²) in [6, 6.07) is 10.1. The van der Waals surface area contributed by atoms with E-state index in [9.17, 15) is 38.4 Å². The molecule has 470 valence electrons. The number of likely N-dealkylation sites (N-methyl/N-ethyl adjacent to an activating group) is 4. The molecule has 0 bridgehead atoms. The molecule has 1 aliphatic carbocycles. The van der Waals surface area contributed by atoms with Crippen molar-refractivity contribution in [3.8, 4) is 0 Å². The lowest BCUT2D eigenvalue weighted by molar-refractivity contribution is -0.177. The van der Waals surface area contributed by atoms with Gasteiger partial charge in [0.1, 0.15) is 35.0 Å². The predicted molar refractivity (Wildman–Crippen MR) is 295 cm³/mol. The summed E-state index contributed by atoms with van der Waals surface area (Å²) in [5.74, 6) is -7.66. The van der Waals surface area contributed by atoms with Crippen molar-refractivity contribution in [1.82, 2.24) is 19.6 Å². The minimum Gasteiger partial charge on any atom is -0.451 e. The number of halogens is 6. The Morgan fingerprint density at radius 3 is 1.21 bits per heavy atom. The van der Waals surface area contributed by atoms with E-state index in [0.29, 0.717) is 37.6 Å². The largest absolute Gasteiger partial charge is 0.451 e. The highest BCUT2D eigenvalue weighted by molar-refractivity contribution is 5.96. The minimum absolute atomic E-state index is 0.000782. The Hall–Kier alpha value is -6.30. The molecule has 0 N–H and O–H groups in total. The second-order valence-corrected chi connectivity index (χ2v) is 23.9. The molecule has 3 heterocycles. The third-order valence-corrected chi connectivity index (χ3v) is 15.9. The fourth-order valence-corrected chi connectivity index (χ4v) is 10.8. The lowest BCUT2D eigenvalue weighted by Gasteiger charge is -2.36. The Bertz CT molecular complexity index is 2520. The third kappa shape index (κ3) is 19.1. The van der Waals surface area contributed by atoms with E-state index in [2.05, 4.69) is 0 Å². The number of amides is 4. The number of carbonyl (C=O) groups excluding carboxylic acids is 8. The van der Waals surface area contributed by atoms with Crippen LogP contribution in [0.4, 0.5) is 27.1 Å². The highest BCUT2D eigenvalue weighted by atomic mass is 20.0. The highest BCUT2D eigenvalue weighted by Gasteiger charge is 2.58. The molecule has 1 spiro atoms. The zero-order chi connectivity index (χ0) is 63.0. The smallest absolute Gasteiger partial charge is 0.332 e. The molecule has 0 radical (unpaired) electrons. The van der Waals surface area contributed by atoms with Crippen LogP contribution < -0.4 is 0 Å². The molecule has 2 aromatic rings. The van der Waals surface area contributed by atoms with E-state index in [1.165, 1.54) is 69.7 Å². The zero-order valence-corrected chi connectivity index (χ0v) is 50.3. The van der Waals surface area contributed by atoms with Crippen molar-refractivity contribution in [1.29, 1.82) is 0 Å². The maximum atomic E-state index is 15.8. The van der Waals surface area contributed by atoms with Crippen molar-refractivity contribution >= 4 is 47.5 Å². The number of ether oxygens (including phenoxy) is 6. The second-order valence-electron chi connectivity index (χ2n) is 23.9. The van der Waals surface area contributed by atoms with Gasteiger partial charge in [0.2, 0.25) is 0 Å². The lowest BCUT2D eigenvalue weighted by atomic mass is 9.90. The molecule has 3 aliphatic heterocycles. The van der Waals surface area contributed by atoms with E-state index >= 15 is 8.78 Å². The van der Waals surface area contributed by atoms with E-state index < -0.39 is 120 Å². The normalized spacial score (nSPS) is 25.4. The third-order valence-electron chi connectivity index (χ3n) is 15.9. The topological polar surface area (TPSA) is 205 Å². The molecule has 2 aromatic carbocycles. The number of alkyl halides is 2. The van der Waals surface area contributed by atoms with Crippen LogP contribution in [0.1, 0.15) is 147 Å². The Morgan fingerprint density at radius 1 is 0.512 bits per heavy atom. The molecule has 24 heteroatoms. The lowest BCUT2D eigenvalue weighted by Crippen LogP contribution is -2.55. The fraction of sp³-hybridized carbons (Fsp3) is 0.667. The van der Waals surface area contributed by atoms with Gasteiger partial charge in [-0.15, -0.1) is 0 Å². The van der Waals surface area contributed by atoms with Gasteiger partial charge in [0, 0.05) is 98.6 Å². The Kier molecular flexibility index (Phi) is 26.1. The van der Waals surface area contributed by atoms with Gasteiger partial charge < -0.3 is 48.0 Å². The maximum absolute atomic E-state index is 15.8. The standard InChI is InChI=1S/C60H84F2N4O14.2F2/c1-36(2)31-45-54(71)77-37(3)50(67)64(10)47(35-59(7,8)62)56(73)80-49(33-40-15-19-42(20-16-40)44-23-29-76-30-24-44)53(70)66(12)60(25-26-60)57(74)78-38(4)51(68)65(11)46(34-58(5,6)61)55(72)79-48(52(69)63(45)9)32-39-13-17-41(18-14-39)43-21-27-75-28-22-43;2*1-2/h13-20,36-38,43-49H,21-35H2,1-12H3;;/t37-,38-,45+,46+,47+,48-,49-;;/m1../s1. The van der Waals surface area contributed by atoms with Crippen LogP contribution in [0.15, 0.2) is 48.5 Å². The molecule has 4 aliphatic rings. The van der Waals surface area contributed by atoms with Crippen molar-refractivity contribution in [3.63, 3.8) is 0 Å². The summed E-state index contributed by atoms with van der Waals surface area (Å²) < 4.78 is 98.4. The fourth-order valence-electron chi connectivity index (χ4n) is 10.8. The molecule has 0 unspecified atom stereocenters. The van der Waals surface area contributed by atoms with E-state index in [0.717, 1.165) is 56.4 Å². The SMILES string of the molecule is CC(C)C[C@H]1C(=O)O[C@H](C)C(=O)N(C)[C@@H](CC(C)(C)F)C(=O)O[C@H](Cc2ccc(C3CCOCC3)cc2)C(=O)N(C)C2(CC2)C(=O)O[C@H](C)C(=O)N(C)[C@@H](CC(C)(C)F)C(=O)O[C@H](Cc2ccc(C3CCOCC3)cc2)C(=O)N1C.FF.FF. The van der Waals surface area contributed by atoms with Crippen LogP contribution in [0.2, 0.25) is 0 Å². The number of cyclic esters (lactones) is 4. The first-order valence-electron chi connectivity index (χ1n) is 28.4. The van der Waals surface area contributed by atoms with Crippen molar-refractivity contribution in [3.05, 3.63) is 70.8 Å². The molecular formula is C60H84F6N4O14. The van der Waals surface area contributed by atoms with Crippen molar-refractivity contribution in [2.45, 2.75) is 197 Å². The molecule has 1 saturated carbocycles. The van der Waals surface area contributed by atoms with Gasteiger partial charge in [-0.2, -0.15) is 0 Å². The first kappa shape index (κ1) is 70.2. The Labute approximate surface area is 488 Å². The highest BCUT2D eigenvalue weighted by Crippen LogP contribution is 2.43. The molecule has 18 nitrogen and oxygen atoms in total. The van der Waals surface area contributed by atoms with Gasteiger partial charge in [0.05, 0.1) is 0 Å². The van der Waals surface area contributed by atoms with Gasteiger partial charge in [-0.25, -0.2) is 28.0 Å². The number of benzene rings is 2. The molecular weight excluding hydrogens is 1110 g/mol. The molecule has 84 heavy (non-hydrogen) atoms. The van der Waals surface area contributed by atoms with Crippen LogP contribution in [0.5, 0.6) is 0 Å². The van der Waals surface area contributed by atoms with Crippen molar-refractivity contribution in [2.75, 3.05) is 54.6 Å². The maximum Gasteiger partial charge on any atom is 0.332 e. The van der Waals surface area contributed by atoms with Gasteiger partial charge in [-0.1, -0.05) is 62.4 Å². The molecule has 0 aromatic heterocycles. The van der Waals surface area contributed by atoms with Crippen LogP contribution in [0.25, 0.3) is 0 Å².